The SMILES string of the molecule is Fc1c(F)c(F)c(C=NNC(=S)NC[C@H]2CCCO2)c(F)c1F. The van der Waals surface area contributed by atoms with Crippen molar-refractivity contribution in [3.8, 4) is 0 Å². The molecule has 0 saturated carbocycles. The molecule has 0 bridgehead atoms. The van der Waals surface area contributed by atoms with Crippen LogP contribution in [0.15, 0.2) is 5.10 Å². The highest BCUT2D eigenvalue weighted by Gasteiger charge is 2.24. The molecule has 1 saturated heterocycles. The van der Waals surface area contributed by atoms with E-state index in [1.165, 1.54) is 0 Å². The largest absolute Gasteiger partial charge is 0.376 e. The van der Waals surface area contributed by atoms with Crippen molar-refractivity contribution in [3.05, 3.63) is 34.6 Å². The van der Waals surface area contributed by atoms with E-state index in [4.69, 9.17) is 17.0 Å². The summed E-state index contributed by atoms with van der Waals surface area (Å²) >= 11 is 4.85. The van der Waals surface area contributed by atoms with Gasteiger partial charge in [0.1, 0.15) is 0 Å². The zero-order valence-corrected chi connectivity index (χ0v) is 12.5. The topological polar surface area (TPSA) is 45.7 Å². The Bertz CT molecular complexity index is 606. The van der Waals surface area contributed by atoms with E-state index >= 15 is 0 Å². The molecule has 126 valence electrons. The van der Waals surface area contributed by atoms with Gasteiger partial charge < -0.3 is 10.1 Å². The Labute approximate surface area is 133 Å². The van der Waals surface area contributed by atoms with Gasteiger partial charge in [-0.3, -0.25) is 5.43 Å². The molecule has 4 nitrogen and oxygen atoms in total. The molecule has 0 amide bonds. The number of benzene rings is 1. The minimum Gasteiger partial charge on any atom is -0.376 e. The Balaban J connectivity index is 1.96. The van der Waals surface area contributed by atoms with Crippen LogP contribution in [0, 0.1) is 29.1 Å². The van der Waals surface area contributed by atoms with Crippen molar-refractivity contribution in [3.63, 3.8) is 0 Å². The molecule has 1 aromatic rings. The van der Waals surface area contributed by atoms with Crippen LogP contribution < -0.4 is 10.7 Å². The normalized spacial score (nSPS) is 17.7. The average Bonchev–Trinajstić information content (AvgIpc) is 3.06. The molecule has 1 atom stereocenters. The smallest absolute Gasteiger partial charge is 0.200 e. The predicted octanol–water partition coefficient (Wildman–Crippen LogP) is 2.36. The summed E-state index contributed by atoms with van der Waals surface area (Å²) in [5.41, 5.74) is 1.07. The van der Waals surface area contributed by atoms with E-state index in [0.29, 0.717) is 19.4 Å². The van der Waals surface area contributed by atoms with Crippen LogP contribution in [0.4, 0.5) is 22.0 Å². The molecular weight excluding hydrogens is 341 g/mol. The Kier molecular flexibility index (Phi) is 5.83. The molecule has 1 heterocycles. The molecule has 0 radical (unpaired) electrons. The van der Waals surface area contributed by atoms with E-state index in [9.17, 15) is 22.0 Å². The third-order valence-electron chi connectivity index (χ3n) is 3.12. The van der Waals surface area contributed by atoms with Gasteiger partial charge >= 0.3 is 0 Å². The fraction of sp³-hybridized carbons (Fsp3) is 0.385. The number of hydrogen-bond acceptors (Lipinski definition) is 3. The van der Waals surface area contributed by atoms with Gasteiger partial charge in [0.2, 0.25) is 5.82 Å². The number of halogens is 5. The number of nitrogens with zero attached hydrogens (tertiary/aromatic N) is 1. The van der Waals surface area contributed by atoms with Crippen molar-refractivity contribution in [2.45, 2.75) is 18.9 Å². The zero-order valence-electron chi connectivity index (χ0n) is 11.6. The standard InChI is InChI=1S/C13H12F5N3OS/c14-8-7(9(15)11(17)12(18)10(8)16)5-20-21-13(23)19-4-6-2-1-3-22-6/h5-6H,1-4H2,(H2,19,21,23)/t6-/m1/s1. The first-order valence-electron chi connectivity index (χ1n) is 6.61. The fourth-order valence-corrected chi connectivity index (χ4v) is 2.08. The maximum Gasteiger partial charge on any atom is 0.200 e. The summed E-state index contributed by atoms with van der Waals surface area (Å²) in [6, 6.07) is 0. The number of hydrogen-bond donors (Lipinski definition) is 2. The molecule has 0 unspecified atom stereocenters. The molecule has 1 aliphatic rings. The quantitative estimate of drug-likeness (QED) is 0.218. The minimum atomic E-state index is -2.22. The first-order chi connectivity index (χ1) is 10.9. The lowest BCUT2D eigenvalue weighted by Crippen LogP contribution is -2.37. The van der Waals surface area contributed by atoms with Crippen molar-refractivity contribution in [1.82, 2.24) is 10.7 Å². The van der Waals surface area contributed by atoms with E-state index < -0.39 is 34.6 Å². The second-order valence-electron chi connectivity index (χ2n) is 4.70. The lowest BCUT2D eigenvalue weighted by atomic mass is 10.2. The van der Waals surface area contributed by atoms with E-state index in [1.807, 2.05) is 0 Å². The lowest BCUT2D eigenvalue weighted by Gasteiger charge is -2.11. The van der Waals surface area contributed by atoms with Gasteiger partial charge in [-0.2, -0.15) is 5.10 Å². The molecule has 0 aromatic heterocycles. The van der Waals surface area contributed by atoms with E-state index in [0.717, 1.165) is 12.8 Å². The van der Waals surface area contributed by atoms with Crippen LogP contribution in [-0.2, 0) is 4.74 Å². The number of ether oxygens (including phenoxy) is 1. The molecule has 1 aromatic carbocycles. The van der Waals surface area contributed by atoms with Gasteiger partial charge in [-0.05, 0) is 25.1 Å². The van der Waals surface area contributed by atoms with Crippen molar-refractivity contribution in [1.29, 1.82) is 0 Å². The van der Waals surface area contributed by atoms with Crippen LogP contribution in [0.5, 0.6) is 0 Å². The highest BCUT2D eigenvalue weighted by atomic mass is 32.1. The Morgan fingerprint density at radius 3 is 2.30 bits per heavy atom. The second kappa shape index (κ2) is 7.64. The van der Waals surface area contributed by atoms with Gasteiger partial charge in [-0.25, -0.2) is 22.0 Å². The van der Waals surface area contributed by atoms with E-state index in [2.05, 4.69) is 15.8 Å². The third-order valence-corrected chi connectivity index (χ3v) is 3.35. The first-order valence-corrected chi connectivity index (χ1v) is 7.02. The number of hydrazone groups is 1. The highest BCUT2D eigenvalue weighted by Crippen LogP contribution is 2.21. The van der Waals surface area contributed by atoms with Gasteiger partial charge in [0.15, 0.2) is 28.4 Å². The molecule has 0 spiro atoms. The van der Waals surface area contributed by atoms with Crippen LogP contribution >= 0.6 is 12.2 Å². The van der Waals surface area contributed by atoms with E-state index in [1.54, 1.807) is 0 Å². The van der Waals surface area contributed by atoms with Crippen LogP contribution in [0.2, 0.25) is 0 Å². The first kappa shape index (κ1) is 17.5. The molecule has 23 heavy (non-hydrogen) atoms. The van der Waals surface area contributed by atoms with Crippen molar-refractivity contribution >= 4 is 23.5 Å². The summed E-state index contributed by atoms with van der Waals surface area (Å²) in [5, 5.41) is 6.15. The van der Waals surface area contributed by atoms with Gasteiger partial charge in [0.25, 0.3) is 0 Å². The summed E-state index contributed by atoms with van der Waals surface area (Å²) in [7, 11) is 0. The molecule has 1 fully saturated rings. The molecule has 2 rings (SSSR count). The highest BCUT2D eigenvalue weighted by molar-refractivity contribution is 7.80. The van der Waals surface area contributed by atoms with Crippen LogP contribution in [0.3, 0.4) is 0 Å². The summed E-state index contributed by atoms with van der Waals surface area (Å²) < 4.78 is 70.9. The van der Waals surface area contributed by atoms with Gasteiger partial charge in [-0.1, -0.05) is 0 Å². The van der Waals surface area contributed by atoms with Crippen LogP contribution in [-0.4, -0.2) is 30.6 Å². The Morgan fingerprint density at radius 1 is 1.13 bits per heavy atom. The molecule has 1 aliphatic heterocycles. The molecular formula is C13H12F5N3OS. The lowest BCUT2D eigenvalue weighted by molar-refractivity contribution is 0.114. The summed E-state index contributed by atoms with van der Waals surface area (Å²) in [4.78, 5) is 0. The monoisotopic (exact) mass is 353 g/mol. The Hall–Kier alpha value is -1.81. The maximum atomic E-state index is 13.4. The second-order valence-corrected chi connectivity index (χ2v) is 5.11. The fourth-order valence-electron chi connectivity index (χ4n) is 1.94. The number of nitrogens with one attached hydrogen (secondary N) is 2. The molecule has 0 aliphatic carbocycles. The molecule has 2 N–H and O–H groups in total. The number of rotatable bonds is 4. The van der Waals surface area contributed by atoms with Crippen molar-refractivity contribution < 1.29 is 26.7 Å². The van der Waals surface area contributed by atoms with Crippen LogP contribution in [0.1, 0.15) is 18.4 Å². The van der Waals surface area contributed by atoms with Gasteiger partial charge in [-0.15, -0.1) is 0 Å². The van der Waals surface area contributed by atoms with Crippen molar-refractivity contribution in [2.24, 2.45) is 5.10 Å². The summed E-state index contributed by atoms with van der Waals surface area (Å²) in [6.45, 7) is 1.09. The number of thiocarbonyl (C=S) groups is 1. The zero-order chi connectivity index (χ0) is 17.0. The predicted molar refractivity (Wildman–Crippen MR) is 76.5 cm³/mol. The summed E-state index contributed by atoms with van der Waals surface area (Å²) in [6.07, 6.45) is 2.30. The van der Waals surface area contributed by atoms with Crippen molar-refractivity contribution in [2.75, 3.05) is 13.2 Å². The van der Waals surface area contributed by atoms with Gasteiger partial charge in [0, 0.05) is 13.2 Å². The average molecular weight is 353 g/mol. The molecule has 10 heteroatoms. The van der Waals surface area contributed by atoms with Crippen LogP contribution in [0.25, 0.3) is 0 Å². The third kappa shape index (κ3) is 4.14. The van der Waals surface area contributed by atoms with Gasteiger partial charge in [0.05, 0.1) is 17.9 Å². The minimum absolute atomic E-state index is 0.00825. The Morgan fingerprint density at radius 2 is 1.74 bits per heavy atom. The van der Waals surface area contributed by atoms with E-state index in [-0.39, 0.29) is 11.2 Å². The maximum absolute atomic E-state index is 13.4. The summed E-state index contributed by atoms with van der Waals surface area (Å²) in [5.74, 6) is -10.2.